The summed E-state index contributed by atoms with van der Waals surface area (Å²) in [4.78, 5) is 24.5. The minimum absolute atomic E-state index is 0.0360. The van der Waals surface area contributed by atoms with Crippen LogP contribution in [-0.2, 0) is 4.79 Å². The van der Waals surface area contributed by atoms with Gasteiger partial charge in [0.1, 0.15) is 17.3 Å². The summed E-state index contributed by atoms with van der Waals surface area (Å²) < 4.78 is 27.6. The van der Waals surface area contributed by atoms with E-state index in [9.17, 15) is 18.4 Å². The SMILES string of the molecule is CC(=O)N(CCNC(=O)c1ccccc1)c1c(F)cccc1F. The first-order chi connectivity index (χ1) is 11.0. The molecule has 0 aromatic heterocycles. The molecule has 0 aliphatic rings. The maximum atomic E-state index is 13.8. The zero-order valence-electron chi connectivity index (χ0n) is 12.6. The van der Waals surface area contributed by atoms with Crippen molar-refractivity contribution in [2.75, 3.05) is 18.0 Å². The molecule has 0 radical (unpaired) electrons. The highest BCUT2D eigenvalue weighted by Crippen LogP contribution is 2.23. The van der Waals surface area contributed by atoms with Crippen LogP contribution >= 0.6 is 0 Å². The molecular weight excluding hydrogens is 302 g/mol. The number of nitrogens with one attached hydrogen (secondary N) is 1. The normalized spacial score (nSPS) is 10.2. The Hall–Kier alpha value is -2.76. The van der Waals surface area contributed by atoms with Crippen LogP contribution in [0.4, 0.5) is 14.5 Å². The zero-order valence-corrected chi connectivity index (χ0v) is 12.6. The third kappa shape index (κ3) is 4.12. The molecule has 23 heavy (non-hydrogen) atoms. The van der Waals surface area contributed by atoms with E-state index >= 15 is 0 Å². The molecule has 0 saturated heterocycles. The molecule has 4 nitrogen and oxygen atoms in total. The highest BCUT2D eigenvalue weighted by molar-refractivity contribution is 5.94. The minimum atomic E-state index is -0.824. The van der Waals surface area contributed by atoms with Crippen molar-refractivity contribution < 1.29 is 18.4 Å². The molecule has 0 bridgehead atoms. The first-order valence-electron chi connectivity index (χ1n) is 7.06. The summed E-state index contributed by atoms with van der Waals surface area (Å²) >= 11 is 0. The van der Waals surface area contributed by atoms with Gasteiger partial charge < -0.3 is 10.2 Å². The number of anilines is 1. The van der Waals surface area contributed by atoms with Gasteiger partial charge in [-0.25, -0.2) is 8.78 Å². The number of carbonyl (C=O) groups excluding carboxylic acids is 2. The first kappa shape index (κ1) is 16.6. The molecule has 0 unspecified atom stereocenters. The molecule has 2 rings (SSSR count). The van der Waals surface area contributed by atoms with Crippen LogP contribution in [0.5, 0.6) is 0 Å². The maximum absolute atomic E-state index is 13.8. The molecule has 0 spiro atoms. The number of carbonyl (C=O) groups is 2. The van der Waals surface area contributed by atoms with Gasteiger partial charge >= 0.3 is 0 Å². The molecule has 0 aliphatic heterocycles. The molecule has 0 saturated carbocycles. The van der Waals surface area contributed by atoms with E-state index in [0.29, 0.717) is 5.56 Å². The molecular formula is C17H16F2N2O2. The van der Waals surface area contributed by atoms with Crippen molar-refractivity contribution in [1.82, 2.24) is 5.32 Å². The standard InChI is InChI=1S/C17H16F2N2O2/c1-12(22)21(16-14(18)8-5-9-15(16)19)11-10-20-17(23)13-6-3-2-4-7-13/h2-9H,10-11H2,1H3,(H,20,23). The fraction of sp³-hybridized carbons (Fsp3) is 0.176. The Morgan fingerprint density at radius 3 is 2.17 bits per heavy atom. The summed E-state index contributed by atoms with van der Waals surface area (Å²) in [5, 5.41) is 2.62. The topological polar surface area (TPSA) is 49.4 Å². The number of nitrogens with zero attached hydrogens (tertiary/aromatic N) is 1. The first-order valence-corrected chi connectivity index (χ1v) is 7.06. The molecule has 2 aromatic carbocycles. The van der Waals surface area contributed by atoms with E-state index in [1.165, 1.54) is 13.0 Å². The van der Waals surface area contributed by atoms with Crippen LogP contribution in [0.2, 0.25) is 0 Å². The molecule has 120 valence electrons. The van der Waals surface area contributed by atoms with E-state index in [1.807, 2.05) is 0 Å². The Labute approximate surface area is 132 Å². The van der Waals surface area contributed by atoms with E-state index < -0.39 is 23.2 Å². The summed E-state index contributed by atoms with van der Waals surface area (Å²) in [5.41, 5.74) is 0.0629. The van der Waals surface area contributed by atoms with Crippen molar-refractivity contribution in [3.8, 4) is 0 Å². The van der Waals surface area contributed by atoms with Crippen LogP contribution in [0.3, 0.4) is 0 Å². The van der Waals surface area contributed by atoms with Crippen LogP contribution in [0.15, 0.2) is 48.5 Å². The van der Waals surface area contributed by atoms with E-state index in [4.69, 9.17) is 0 Å². The van der Waals surface area contributed by atoms with Crippen molar-refractivity contribution >= 4 is 17.5 Å². The second-order valence-electron chi connectivity index (χ2n) is 4.86. The van der Waals surface area contributed by atoms with Crippen molar-refractivity contribution in [2.24, 2.45) is 0 Å². The number of rotatable bonds is 5. The summed E-state index contributed by atoms with van der Waals surface area (Å²) in [5.74, 6) is -2.48. The second-order valence-corrected chi connectivity index (χ2v) is 4.86. The highest BCUT2D eigenvalue weighted by Gasteiger charge is 2.20. The van der Waals surface area contributed by atoms with E-state index in [1.54, 1.807) is 30.3 Å². The summed E-state index contributed by atoms with van der Waals surface area (Å²) in [6.07, 6.45) is 0. The summed E-state index contributed by atoms with van der Waals surface area (Å²) in [6, 6.07) is 11.9. The van der Waals surface area contributed by atoms with E-state index in [2.05, 4.69) is 5.32 Å². The van der Waals surface area contributed by atoms with Crippen LogP contribution < -0.4 is 10.2 Å². The number of para-hydroxylation sites is 1. The fourth-order valence-electron chi connectivity index (χ4n) is 2.15. The van der Waals surface area contributed by atoms with Crippen molar-refractivity contribution in [3.05, 3.63) is 65.7 Å². The van der Waals surface area contributed by atoms with Gasteiger partial charge in [-0.1, -0.05) is 24.3 Å². The predicted molar refractivity (Wildman–Crippen MR) is 83.2 cm³/mol. The Balaban J connectivity index is 2.04. The average molecular weight is 318 g/mol. The average Bonchev–Trinajstić information content (AvgIpc) is 2.53. The third-order valence-electron chi connectivity index (χ3n) is 3.24. The van der Waals surface area contributed by atoms with Gasteiger partial charge in [0.15, 0.2) is 0 Å². The summed E-state index contributed by atoms with van der Waals surface area (Å²) in [7, 11) is 0. The van der Waals surface area contributed by atoms with Crippen molar-refractivity contribution in [2.45, 2.75) is 6.92 Å². The second kappa shape index (κ2) is 7.49. The van der Waals surface area contributed by atoms with Gasteiger partial charge in [-0.05, 0) is 24.3 Å². The minimum Gasteiger partial charge on any atom is -0.350 e. The van der Waals surface area contributed by atoms with Crippen molar-refractivity contribution in [1.29, 1.82) is 0 Å². The largest absolute Gasteiger partial charge is 0.350 e. The predicted octanol–water partition coefficient (Wildman–Crippen LogP) is 2.75. The van der Waals surface area contributed by atoms with Crippen LogP contribution in [0, 0.1) is 11.6 Å². The third-order valence-corrected chi connectivity index (χ3v) is 3.24. The number of benzene rings is 2. The van der Waals surface area contributed by atoms with Crippen molar-refractivity contribution in [3.63, 3.8) is 0 Å². The lowest BCUT2D eigenvalue weighted by atomic mass is 10.2. The Morgan fingerprint density at radius 2 is 1.61 bits per heavy atom. The quantitative estimate of drug-likeness (QED) is 0.921. The van der Waals surface area contributed by atoms with Gasteiger partial charge in [0.25, 0.3) is 5.91 Å². The molecule has 0 aliphatic carbocycles. The van der Waals surface area contributed by atoms with Crippen LogP contribution in [0.25, 0.3) is 0 Å². The van der Waals surface area contributed by atoms with Gasteiger partial charge in [0.05, 0.1) is 0 Å². The van der Waals surface area contributed by atoms with Gasteiger partial charge in [-0.15, -0.1) is 0 Å². The zero-order chi connectivity index (χ0) is 16.8. The Bertz CT molecular complexity index is 685. The molecule has 2 aromatic rings. The highest BCUT2D eigenvalue weighted by atomic mass is 19.1. The number of halogens is 2. The lowest BCUT2D eigenvalue weighted by molar-refractivity contribution is -0.116. The van der Waals surface area contributed by atoms with Gasteiger partial charge in [0.2, 0.25) is 5.91 Å². The Kier molecular flexibility index (Phi) is 5.41. The van der Waals surface area contributed by atoms with Crippen LogP contribution in [0.1, 0.15) is 17.3 Å². The maximum Gasteiger partial charge on any atom is 0.251 e. The monoisotopic (exact) mass is 318 g/mol. The number of hydrogen-bond acceptors (Lipinski definition) is 2. The van der Waals surface area contributed by atoms with Gasteiger partial charge in [-0.3, -0.25) is 9.59 Å². The number of amides is 2. The van der Waals surface area contributed by atoms with E-state index in [-0.39, 0.29) is 19.0 Å². The molecule has 1 N–H and O–H groups in total. The molecule has 6 heteroatoms. The summed E-state index contributed by atoms with van der Waals surface area (Å²) in [6.45, 7) is 1.25. The molecule has 0 atom stereocenters. The van der Waals surface area contributed by atoms with Gasteiger partial charge in [-0.2, -0.15) is 0 Å². The number of hydrogen-bond donors (Lipinski definition) is 1. The lowest BCUT2D eigenvalue weighted by Gasteiger charge is -2.22. The smallest absolute Gasteiger partial charge is 0.251 e. The fourth-order valence-corrected chi connectivity index (χ4v) is 2.15. The van der Waals surface area contributed by atoms with Crippen LogP contribution in [-0.4, -0.2) is 24.9 Å². The van der Waals surface area contributed by atoms with E-state index in [0.717, 1.165) is 17.0 Å². The van der Waals surface area contributed by atoms with Gasteiger partial charge in [0, 0.05) is 25.6 Å². The molecule has 2 amide bonds. The molecule has 0 heterocycles. The Morgan fingerprint density at radius 1 is 1.00 bits per heavy atom. The lowest BCUT2D eigenvalue weighted by Crippen LogP contribution is -2.38. The molecule has 0 fully saturated rings.